The maximum absolute atomic E-state index is 13.2. The van der Waals surface area contributed by atoms with Crippen LogP contribution in [0.15, 0.2) is 60.7 Å². The Hall–Kier alpha value is -4.33. The number of esters is 1. The molecule has 33 heavy (non-hydrogen) atoms. The van der Waals surface area contributed by atoms with Crippen molar-refractivity contribution < 1.29 is 28.3 Å². The first-order valence-electron chi connectivity index (χ1n) is 10.1. The number of anilines is 2. The molecule has 0 aliphatic carbocycles. The fraction of sp³-hybridized carbons (Fsp3) is 0.120. The lowest BCUT2D eigenvalue weighted by Gasteiger charge is -2.17. The second kappa shape index (κ2) is 8.66. The topological polar surface area (TPSA) is 92.8 Å². The molecule has 3 amide bonds. The van der Waals surface area contributed by atoms with Crippen molar-refractivity contribution in [2.75, 3.05) is 16.8 Å². The maximum Gasteiger partial charge on any atom is 0.338 e. The highest BCUT2D eigenvalue weighted by molar-refractivity contribution is 6.35. The number of aryl methyl sites for hydroxylation is 2. The predicted molar refractivity (Wildman–Crippen MR) is 119 cm³/mol. The second-order valence-electron chi connectivity index (χ2n) is 7.63. The maximum atomic E-state index is 13.2. The molecule has 0 radical (unpaired) electrons. The molecule has 0 spiro atoms. The third kappa shape index (κ3) is 4.36. The zero-order valence-corrected chi connectivity index (χ0v) is 17.8. The van der Waals surface area contributed by atoms with Gasteiger partial charge in [-0.2, -0.15) is 0 Å². The summed E-state index contributed by atoms with van der Waals surface area (Å²) < 4.78 is 18.2. The number of carbonyl (C=O) groups is 4. The number of halogens is 1. The Morgan fingerprint density at radius 1 is 0.939 bits per heavy atom. The summed E-state index contributed by atoms with van der Waals surface area (Å²) in [5.74, 6) is -3.02. The molecule has 3 aromatic carbocycles. The molecule has 4 rings (SSSR count). The van der Waals surface area contributed by atoms with Gasteiger partial charge in [-0.25, -0.2) is 14.1 Å². The quantitative estimate of drug-likeness (QED) is 0.472. The van der Waals surface area contributed by atoms with E-state index in [9.17, 15) is 23.6 Å². The molecule has 0 unspecified atom stereocenters. The zero-order valence-electron chi connectivity index (χ0n) is 17.8. The lowest BCUT2D eigenvalue weighted by atomic mass is 10.1. The molecule has 0 bridgehead atoms. The first kappa shape index (κ1) is 21.9. The van der Waals surface area contributed by atoms with Crippen LogP contribution in [0.5, 0.6) is 0 Å². The highest BCUT2D eigenvalue weighted by Crippen LogP contribution is 2.31. The van der Waals surface area contributed by atoms with Gasteiger partial charge in [0, 0.05) is 5.69 Å². The van der Waals surface area contributed by atoms with Gasteiger partial charge in [0.25, 0.3) is 17.7 Å². The number of fused-ring (bicyclic) bond motifs is 1. The monoisotopic (exact) mass is 446 g/mol. The number of carbonyl (C=O) groups excluding carboxylic acids is 4. The van der Waals surface area contributed by atoms with Crippen LogP contribution >= 0.6 is 0 Å². The number of amides is 3. The first-order valence-corrected chi connectivity index (χ1v) is 10.1. The Labute approximate surface area is 188 Å². The number of rotatable bonds is 5. The van der Waals surface area contributed by atoms with Gasteiger partial charge in [-0.1, -0.05) is 18.2 Å². The van der Waals surface area contributed by atoms with Crippen LogP contribution in [0.4, 0.5) is 15.8 Å². The van der Waals surface area contributed by atoms with E-state index in [0.717, 1.165) is 22.1 Å². The number of nitrogens with zero attached hydrogens (tertiary/aromatic N) is 1. The molecular weight excluding hydrogens is 427 g/mol. The SMILES string of the molecule is Cc1ccc(C)c(N2C(=O)c3ccc(C(=O)OCC(=O)Nc4cccc(F)c4)cc3C2=O)c1. The van der Waals surface area contributed by atoms with Gasteiger partial charge in [-0.3, -0.25) is 14.4 Å². The van der Waals surface area contributed by atoms with E-state index in [2.05, 4.69) is 5.32 Å². The summed E-state index contributed by atoms with van der Waals surface area (Å²) in [5.41, 5.74) is 2.66. The minimum atomic E-state index is -0.836. The number of benzene rings is 3. The van der Waals surface area contributed by atoms with Crippen LogP contribution in [0.3, 0.4) is 0 Å². The third-order valence-corrected chi connectivity index (χ3v) is 5.17. The molecule has 0 aromatic heterocycles. The van der Waals surface area contributed by atoms with Crippen LogP contribution in [0.1, 0.15) is 42.2 Å². The highest BCUT2D eigenvalue weighted by atomic mass is 19.1. The van der Waals surface area contributed by atoms with Crippen molar-refractivity contribution in [3.05, 3.63) is 94.3 Å². The molecule has 8 heteroatoms. The van der Waals surface area contributed by atoms with Gasteiger partial charge in [0.1, 0.15) is 5.82 Å². The molecule has 7 nitrogen and oxygen atoms in total. The highest BCUT2D eigenvalue weighted by Gasteiger charge is 2.38. The van der Waals surface area contributed by atoms with Gasteiger partial charge in [-0.15, -0.1) is 0 Å². The van der Waals surface area contributed by atoms with E-state index in [4.69, 9.17) is 4.74 Å². The molecule has 1 N–H and O–H groups in total. The zero-order chi connectivity index (χ0) is 23.7. The Bertz CT molecular complexity index is 1320. The fourth-order valence-corrected chi connectivity index (χ4v) is 3.52. The van der Waals surface area contributed by atoms with E-state index in [-0.39, 0.29) is 22.4 Å². The van der Waals surface area contributed by atoms with Gasteiger partial charge < -0.3 is 10.1 Å². The molecule has 1 aliphatic rings. The van der Waals surface area contributed by atoms with Crippen LogP contribution < -0.4 is 10.2 Å². The number of hydrogen-bond acceptors (Lipinski definition) is 5. The molecule has 0 fully saturated rings. The van der Waals surface area contributed by atoms with Gasteiger partial charge in [0.05, 0.1) is 22.4 Å². The van der Waals surface area contributed by atoms with Crippen molar-refractivity contribution in [2.24, 2.45) is 0 Å². The molecule has 1 heterocycles. The van der Waals surface area contributed by atoms with Crippen LogP contribution in [-0.2, 0) is 9.53 Å². The molecule has 166 valence electrons. The van der Waals surface area contributed by atoms with Crippen LogP contribution in [0.25, 0.3) is 0 Å². The van der Waals surface area contributed by atoms with E-state index in [1.807, 2.05) is 19.1 Å². The average molecular weight is 446 g/mol. The predicted octanol–water partition coefficient (Wildman–Crippen LogP) is 4.04. The lowest BCUT2D eigenvalue weighted by molar-refractivity contribution is -0.119. The number of hydrogen-bond donors (Lipinski definition) is 1. The summed E-state index contributed by atoms with van der Waals surface area (Å²) in [6, 6.07) is 14.8. The molecule has 0 saturated heterocycles. The number of nitrogens with one attached hydrogen (secondary N) is 1. The van der Waals surface area contributed by atoms with Crippen molar-refractivity contribution in [1.82, 2.24) is 0 Å². The number of ether oxygens (including phenoxy) is 1. The van der Waals surface area contributed by atoms with E-state index >= 15 is 0 Å². The Kier molecular flexibility index (Phi) is 5.74. The molecular formula is C25H19FN2O5. The van der Waals surface area contributed by atoms with Crippen molar-refractivity contribution in [2.45, 2.75) is 13.8 Å². The van der Waals surface area contributed by atoms with Crippen molar-refractivity contribution >= 4 is 35.1 Å². The summed E-state index contributed by atoms with van der Waals surface area (Å²) >= 11 is 0. The minimum Gasteiger partial charge on any atom is -0.452 e. The normalized spacial score (nSPS) is 12.5. The molecule has 0 atom stereocenters. The van der Waals surface area contributed by atoms with Crippen LogP contribution in [0, 0.1) is 19.7 Å². The fourth-order valence-electron chi connectivity index (χ4n) is 3.52. The first-order chi connectivity index (χ1) is 15.7. The van der Waals surface area contributed by atoms with Gasteiger partial charge in [0.2, 0.25) is 0 Å². The van der Waals surface area contributed by atoms with Crippen molar-refractivity contribution in [3.8, 4) is 0 Å². The summed E-state index contributed by atoms with van der Waals surface area (Å²) in [5, 5.41) is 2.42. The Morgan fingerprint density at radius 3 is 2.45 bits per heavy atom. The summed E-state index contributed by atoms with van der Waals surface area (Å²) in [6.07, 6.45) is 0. The van der Waals surface area contributed by atoms with Gasteiger partial charge in [-0.05, 0) is 67.4 Å². The summed E-state index contributed by atoms with van der Waals surface area (Å²) in [7, 11) is 0. The standard InChI is InChI=1S/C25H19FN2O5/c1-14-6-7-15(2)21(10-14)28-23(30)19-9-8-16(11-20(19)24(28)31)25(32)33-13-22(29)27-18-5-3-4-17(26)12-18/h3-12H,13H2,1-2H3,(H,27,29). The van der Waals surface area contributed by atoms with E-state index in [1.165, 1.54) is 36.4 Å². The smallest absolute Gasteiger partial charge is 0.338 e. The minimum absolute atomic E-state index is 0.0243. The van der Waals surface area contributed by atoms with Crippen molar-refractivity contribution in [1.29, 1.82) is 0 Å². The van der Waals surface area contributed by atoms with Crippen molar-refractivity contribution in [3.63, 3.8) is 0 Å². The molecule has 1 aliphatic heterocycles. The van der Waals surface area contributed by atoms with E-state index in [0.29, 0.717) is 5.69 Å². The summed E-state index contributed by atoms with van der Waals surface area (Å²) in [6.45, 7) is 3.06. The van der Waals surface area contributed by atoms with Gasteiger partial charge >= 0.3 is 5.97 Å². The molecule has 0 saturated carbocycles. The van der Waals surface area contributed by atoms with Crippen LogP contribution in [-0.4, -0.2) is 30.3 Å². The second-order valence-corrected chi connectivity index (χ2v) is 7.63. The lowest BCUT2D eigenvalue weighted by Crippen LogP contribution is -2.30. The van der Waals surface area contributed by atoms with E-state index < -0.39 is 36.1 Å². The van der Waals surface area contributed by atoms with Crippen LogP contribution in [0.2, 0.25) is 0 Å². The Balaban J connectivity index is 1.48. The Morgan fingerprint density at radius 2 is 1.70 bits per heavy atom. The van der Waals surface area contributed by atoms with Gasteiger partial charge in [0.15, 0.2) is 6.61 Å². The number of imide groups is 1. The largest absolute Gasteiger partial charge is 0.452 e. The van der Waals surface area contributed by atoms with E-state index in [1.54, 1.807) is 13.0 Å². The third-order valence-electron chi connectivity index (χ3n) is 5.17. The average Bonchev–Trinajstić information content (AvgIpc) is 3.03. The summed E-state index contributed by atoms with van der Waals surface area (Å²) in [4.78, 5) is 51.4. The molecule has 3 aromatic rings.